The minimum absolute atomic E-state index is 0.00545. The fourth-order valence-corrected chi connectivity index (χ4v) is 8.73. The number of aliphatic hydroxyl groups excluding tert-OH is 2. The van der Waals surface area contributed by atoms with Gasteiger partial charge in [0.05, 0.1) is 6.10 Å². The molecule has 1 saturated heterocycles. The summed E-state index contributed by atoms with van der Waals surface area (Å²) in [6.45, 7) is 16.2. The Hall–Kier alpha value is -0.640. The van der Waals surface area contributed by atoms with E-state index in [0.717, 1.165) is 31.6 Å². The highest BCUT2D eigenvalue weighted by atomic mass is 16.6. The molecular weight excluding hydrogens is 384 g/mol. The van der Waals surface area contributed by atoms with Gasteiger partial charge in [0.2, 0.25) is 0 Å². The second-order valence-corrected chi connectivity index (χ2v) is 12.6. The summed E-state index contributed by atoms with van der Waals surface area (Å²) in [7, 11) is 0. The number of allylic oxidation sites excluding steroid dienone is 1. The Morgan fingerprint density at radius 1 is 1.13 bits per heavy atom. The molecule has 9 atom stereocenters. The molecule has 174 valence electrons. The molecule has 5 aliphatic rings. The van der Waals surface area contributed by atoms with Crippen LogP contribution in [0.25, 0.3) is 0 Å². The molecule has 0 aromatic heterocycles. The van der Waals surface area contributed by atoms with Crippen LogP contribution in [-0.4, -0.2) is 34.1 Å². The van der Waals surface area contributed by atoms with E-state index in [1.165, 1.54) is 42.4 Å². The summed E-state index contributed by atoms with van der Waals surface area (Å²) < 4.78 is 6.33. The molecule has 1 aliphatic heterocycles. The molecule has 0 aromatic carbocycles. The van der Waals surface area contributed by atoms with Crippen molar-refractivity contribution in [3.63, 3.8) is 0 Å². The molecule has 0 amide bonds. The monoisotopic (exact) mass is 428 g/mol. The summed E-state index contributed by atoms with van der Waals surface area (Å²) in [6, 6.07) is 0. The third-order valence-corrected chi connectivity index (χ3v) is 10.9. The van der Waals surface area contributed by atoms with E-state index in [0.29, 0.717) is 24.2 Å². The molecule has 0 aromatic rings. The van der Waals surface area contributed by atoms with Crippen LogP contribution in [-0.2, 0) is 4.74 Å². The minimum Gasteiger partial charge on any atom is -0.393 e. The lowest BCUT2D eigenvalue weighted by atomic mass is 9.49. The van der Waals surface area contributed by atoms with Gasteiger partial charge < -0.3 is 14.9 Å². The van der Waals surface area contributed by atoms with Gasteiger partial charge in [-0.05, 0) is 86.0 Å². The van der Waals surface area contributed by atoms with Crippen LogP contribution in [0.5, 0.6) is 0 Å². The van der Waals surface area contributed by atoms with E-state index >= 15 is 0 Å². The normalized spacial score (nSPS) is 49.2. The first-order chi connectivity index (χ1) is 14.5. The molecule has 5 rings (SSSR count). The highest BCUT2D eigenvalue weighted by Gasteiger charge is 2.76. The molecule has 3 nitrogen and oxygen atoms in total. The quantitative estimate of drug-likeness (QED) is 0.430. The van der Waals surface area contributed by atoms with Crippen LogP contribution in [0, 0.1) is 34.5 Å². The van der Waals surface area contributed by atoms with Gasteiger partial charge in [0.15, 0.2) is 0 Å². The van der Waals surface area contributed by atoms with Gasteiger partial charge in [-0.15, -0.1) is 0 Å². The van der Waals surface area contributed by atoms with Crippen molar-refractivity contribution in [3.8, 4) is 0 Å². The van der Waals surface area contributed by atoms with Gasteiger partial charge in [-0.2, -0.15) is 0 Å². The highest BCUT2D eigenvalue weighted by molar-refractivity contribution is 5.45. The van der Waals surface area contributed by atoms with Crippen molar-refractivity contribution in [3.05, 3.63) is 23.3 Å². The average molecular weight is 429 g/mol. The molecule has 4 aliphatic carbocycles. The zero-order valence-corrected chi connectivity index (χ0v) is 20.4. The first-order valence-electron chi connectivity index (χ1n) is 13.0. The van der Waals surface area contributed by atoms with Gasteiger partial charge in [-0.1, -0.05) is 52.3 Å². The molecule has 2 N–H and O–H groups in total. The van der Waals surface area contributed by atoms with Crippen molar-refractivity contribution >= 4 is 0 Å². The highest BCUT2D eigenvalue weighted by Crippen LogP contribution is 2.72. The number of epoxide rings is 1. The molecule has 9 unspecified atom stereocenters. The Bertz CT molecular complexity index is 798. The standard InChI is InChI=1S/C28H44O3/c1-16(2)17(3)7-8-18(4)20-9-10-21-23-22(12-13-26(20,21)5)27(6)14-11-19(29)15-28(27)25(31-28)24(23)30/h16,18-21,24-25,29-30H,3,7-15H2,1-2,4-6H3. The van der Waals surface area contributed by atoms with E-state index in [9.17, 15) is 10.2 Å². The molecule has 0 radical (unpaired) electrons. The van der Waals surface area contributed by atoms with Crippen molar-refractivity contribution in [2.75, 3.05) is 0 Å². The van der Waals surface area contributed by atoms with Gasteiger partial charge in [-0.3, -0.25) is 0 Å². The Kier molecular flexibility index (Phi) is 5.13. The smallest absolute Gasteiger partial charge is 0.118 e. The van der Waals surface area contributed by atoms with Gasteiger partial charge >= 0.3 is 0 Å². The number of ether oxygens (including phenoxy) is 1. The summed E-state index contributed by atoms with van der Waals surface area (Å²) in [6.07, 6.45) is 8.94. The maximum atomic E-state index is 11.5. The van der Waals surface area contributed by atoms with Gasteiger partial charge in [-0.25, -0.2) is 0 Å². The predicted octanol–water partition coefficient (Wildman–Crippen LogP) is 5.80. The van der Waals surface area contributed by atoms with Crippen LogP contribution in [0.15, 0.2) is 23.3 Å². The average Bonchev–Trinajstić information content (AvgIpc) is 3.34. The predicted molar refractivity (Wildman–Crippen MR) is 125 cm³/mol. The zero-order chi connectivity index (χ0) is 22.3. The number of hydrogen-bond donors (Lipinski definition) is 2. The molecular formula is C28H44O3. The molecule has 3 heteroatoms. The maximum Gasteiger partial charge on any atom is 0.118 e. The first-order valence-corrected chi connectivity index (χ1v) is 13.0. The third kappa shape index (κ3) is 2.95. The molecule has 1 heterocycles. The molecule has 31 heavy (non-hydrogen) atoms. The summed E-state index contributed by atoms with van der Waals surface area (Å²) >= 11 is 0. The SMILES string of the molecule is C=C(CCC(C)C1CCC2C3=C(CCC21C)C1(C)CCC(O)CC12OC2C3O)C(C)C. The molecule has 1 spiro atoms. The maximum absolute atomic E-state index is 11.5. The van der Waals surface area contributed by atoms with Crippen LogP contribution in [0.3, 0.4) is 0 Å². The van der Waals surface area contributed by atoms with Gasteiger partial charge in [0.1, 0.15) is 17.8 Å². The molecule has 3 fully saturated rings. The topological polar surface area (TPSA) is 53.0 Å². The number of hydrogen-bond acceptors (Lipinski definition) is 3. The molecule has 2 saturated carbocycles. The number of rotatable bonds is 5. The fraction of sp³-hybridized carbons (Fsp3) is 0.857. The van der Waals surface area contributed by atoms with E-state index in [4.69, 9.17) is 4.74 Å². The Morgan fingerprint density at radius 3 is 2.58 bits per heavy atom. The largest absolute Gasteiger partial charge is 0.393 e. The van der Waals surface area contributed by atoms with Crippen LogP contribution in [0.1, 0.15) is 92.4 Å². The van der Waals surface area contributed by atoms with Crippen molar-refractivity contribution < 1.29 is 14.9 Å². The molecule has 0 bridgehead atoms. The van der Waals surface area contributed by atoms with Crippen LogP contribution in [0.2, 0.25) is 0 Å². The Morgan fingerprint density at radius 2 is 1.87 bits per heavy atom. The number of fused-ring (bicyclic) bond motifs is 3. The third-order valence-electron chi connectivity index (χ3n) is 10.9. The van der Waals surface area contributed by atoms with Crippen molar-refractivity contribution in [1.29, 1.82) is 0 Å². The van der Waals surface area contributed by atoms with E-state index in [-0.39, 0.29) is 28.6 Å². The summed E-state index contributed by atoms with van der Waals surface area (Å²) in [5, 5.41) is 21.9. The minimum atomic E-state index is -0.465. The van der Waals surface area contributed by atoms with Crippen molar-refractivity contribution in [2.45, 2.75) is 116 Å². The fourth-order valence-electron chi connectivity index (χ4n) is 8.73. The van der Waals surface area contributed by atoms with Crippen LogP contribution in [0.4, 0.5) is 0 Å². The van der Waals surface area contributed by atoms with E-state index < -0.39 is 6.10 Å². The zero-order valence-electron chi connectivity index (χ0n) is 20.4. The van der Waals surface area contributed by atoms with E-state index in [1.54, 1.807) is 0 Å². The summed E-state index contributed by atoms with van der Waals surface area (Å²) in [4.78, 5) is 0. The Balaban J connectivity index is 1.42. The van der Waals surface area contributed by atoms with Crippen LogP contribution < -0.4 is 0 Å². The van der Waals surface area contributed by atoms with Crippen molar-refractivity contribution in [1.82, 2.24) is 0 Å². The first kappa shape index (κ1) is 22.2. The summed E-state index contributed by atoms with van der Waals surface area (Å²) in [5.74, 6) is 2.50. The summed E-state index contributed by atoms with van der Waals surface area (Å²) in [5.41, 5.74) is 4.26. The second kappa shape index (κ2) is 7.18. The van der Waals surface area contributed by atoms with E-state index in [1.807, 2.05) is 0 Å². The Labute approximate surface area is 189 Å². The van der Waals surface area contributed by atoms with Gasteiger partial charge in [0.25, 0.3) is 0 Å². The van der Waals surface area contributed by atoms with E-state index in [2.05, 4.69) is 41.2 Å². The lowest BCUT2D eigenvalue weighted by molar-refractivity contribution is -0.00152. The van der Waals surface area contributed by atoms with Gasteiger partial charge in [0, 0.05) is 11.8 Å². The van der Waals surface area contributed by atoms with Crippen molar-refractivity contribution in [2.24, 2.45) is 34.5 Å². The van der Waals surface area contributed by atoms with Crippen LogP contribution >= 0.6 is 0 Å². The second-order valence-electron chi connectivity index (χ2n) is 12.6. The number of aliphatic hydroxyl groups is 2. The lowest BCUT2D eigenvalue weighted by Gasteiger charge is -2.54. The lowest BCUT2D eigenvalue weighted by Crippen LogP contribution is -2.55.